The number of rotatable bonds is 2. The van der Waals surface area contributed by atoms with E-state index in [-0.39, 0.29) is 18.4 Å². The lowest BCUT2D eigenvalue weighted by atomic mass is 10.1. The number of hydrogen-bond donors (Lipinski definition) is 1. The first kappa shape index (κ1) is 12.1. The minimum absolute atomic E-state index is 0.0366. The summed E-state index contributed by atoms with van der Waals surface area (Å²) < 4.78 is 0. The van der Waals surface area contributed by atoms with Gasteiger partial charge in [0.05, 0.1) is 11.1 Å². The van der Waals surface area contributed by atoms with Crippen molar-refractivity contribution in [2.45, 2.75) is 6.42 Å². The van der Waals surface area contributed by atoms with Gasteiger partial charge in [-0.15, -0.1) is 0 Å². The molecule has 0 saturated carbocycles. The maximum atomic E-state index is 12.5. The topological polar surface area (TPSA) is 53.4 Å². The highest BCUT2D eigenvalue weighted by Crippen LogP contribution is 2.22. The number of nitrogens with zero attached hydrogens (tertiary/aromatic N) is 2. The fourth-order valence-electron chi connectivity index (χ4n) is 2.62. The molecule has 0 spiro atoms. The highest BCUT2D eigenvalue weighted by molar-refractivity contribution is 6.06. The summed E-state index contributed by atoms with van der Waals surface area (Å²) in [5.74, 6) is 0.256. The van der Waals surface area contributed by atoms with Crippen LogP contribution in [0.15, 0.2) is 36.5 Å². The zero-order valence-electron chi connectivity index (χ0n) is 10.6. The molecular weight excluding hydrogens is 240 g/mol. The van der Waals surface area contributed by atoms with Gasteiger partial charge in [0, 0.05) is 37.2 Å². The third-order valence-corrected chi connectivity index (χ3v) is 3.71. The van der Waals surface area contributed by atoms with E-state index in [1.165, 1.54) is 0 Å². The summed E-state index contributed by atoms with van der Waals surface area (Å²) >= 11 is 0. The number of benzene rings is 1. The zero-order chi connectivity index (χ0) is 13.2. The lowest BCUT2D eigenvalue weighted by molar-refractivity contribution is 0.0783. The van der Waals surface area contributed by atoms with Crippen LogP contribution in [0.25, 0.3) is 10.9 Å². The second kappa shape index (κ2) is 4.97. The van der Waals surface area contributed by atoms with E-state index in [1.807, 2.05) is 29.2 Å². The van der Waals surface area contributed by atoms with Gasteiger partial charge in [-0.3, -0.25) is 9.78 Å². The van der Waals surface area contributed by atoms with Crippen LogP contribution in [0.5, 0.6) is 0 Å². The van der Waals surface area contributed by atoms with Crippen LogP contribution in [0, 0.1) is 5.92 Å². The van der Waals surface area contributed by atoms with Crippen LogP contribution in [-0.2, 0) is 0 Å². The molecule has 1 N–H and O–H groups in total. The number of hydrogen-bond acceptors (Lipinski definition) is 3. The molecule has 4 heteroatoms. The van der Waals surface area contributed by atoms with Crippen LogP contribution in [0.4, 0.5) is 0 Å². The number of aliphatic hydroxyl groups is 1. The van der Waals surface area contributed by atoms with Gasteiger partial charge in [-0.05, 0) is 18.6 Å². The van der Waals surface area contributed by atoms with Gasteiger partial charge in [-0.25, -0.2) is 0 Å². The Morgan fingerprint density at radius 3 is 3.00 bits per heavy atom. The monoisotopic (exact) mass is 256 g/mol. The average Bonchev–Trinajstić information content (AvgIpc) is 2.95. The fourth-order valence-corrected chi connectivity index (χ4v) is 2.62. The Morgan fingerprint density at radius 2 is 2.21 bits per heavy atom. The molecule has 1 aliphatic rings. The number of fused-ring (bicyclic) bond motifs is 1. The Hall–Kier alpha value is -1.94. The molecule has 0 aliphatic carbocycles. The fraction of sp³-hybridized carbons (Fsp3) is 0.333. The Labute approximate surface area is 111 Å². The molecule has 2 aromatic rings. The van der Waals surface area contributed by atoms with E-state index >= 15 is 0 Å². The second-order valence-corrected chi connectivity index (χ2v) is 4.96. The maximum Gasteiger partial charge on any atom is 0.254 e. The molecule has 1 amide bonds. The van der Waals surface area contributed by atoms with Crippen molar-refractivity contribution in [3.05, 3.63) is 42.1 Å². The molecule has 1 atom stereocenters. The molecule has 1 saturated heterocycles. The smallest absolute Gasteiger partial charge is 0.254 e. The van der Waals surface area contributed by atoms with Crippen LogP contribution < -0.4 is 0 Å². The molecule has 4 nitrogen and oxygen atoms in total. The highest BCUT2D eigenvalue weighted by atomic mass is 16.3. The first-order valence-electron chi connectivity index (χ1n) is 6.53. The van der Waals surface area contributed by atoms with Gasteiger partial charge in [0.25, 0.3) is 5.91 Å². The lowest BCUT2D eigenvalue weighted by Crippen LogP contribution is -2.29. The van der Waals surface area contributed by atoms with Gasteiger partial charge >= 0.3 is 0 Å². The Balaban J connectivity index is 1.94. The standard InChI is InChI=1S/C15H16N2O2/c18-10-11-6-8-17(9-11)15(19)13-5-7-16-14-4-2-1-3-12(13)14/h1-5,7,11,18H,6,8-10H2. The van der Waals surface area contributed by atoms with Gasteiger partial charge in [0.1, 0.15) is 0 Å². The van der Waals surface area contributed by atoms with E-state index in [2.05, 4.69) is 4.98 Å². The van der Waals surface area contributed by atoms with Crippen LogP contribution in [0.2, 0.25) is 0 Å². The summed E-state index contributed by atoms with van der Waals surface area (Å²) in [5.41, 5.74) is 1.54. The van der Waals surface area contributed by atoms with E-state index in [1.54, 1.807) is 12.3 Å². The van der Waals surface area contributed by atoms with Crippen molar-refractivity contribution < 1.29 is 9.90 Å². The summed E-state index contributed by atoms with van der Waals surface area (Å²) in [6, 6.07) is 9.45. The molecule has 1 aromatic heterocycles. The SMILES string of the molecule is O=C(c1ccnc2ccccc12)N1CCC(CO)C1. The summed E-state index contributed by atoms with van der Waals surface area (Å²) in [4.78, 5) is 18.6. The minimum atomic E-state index is 0.0366. The van der Waals surface area contributed by atoms with Crippen molar-refractivity contribution in [2.75, 3.05) is 19.7 Å². The van der Waals surface area contributed by atoms with Crippen molar-refractivity contribution in [1.29, 1.82) is 0 Å². The van der Waals surface area contributed by atoms with Crippen molar-refractivity contribution in [2.24, 2.45) is 5.92 Å². The number of carbonyl (C=O) groups excluding carboxylic acids is 1. The summed E-state index contributed by atoms with van der Waals surface area (Å²) in [6.07, 6.45) is 2.56. The molecule has 1 fully saturated rings. The van der Waals surface area contributed by atoms with Gasteiger partial charge in [-0.1, -0.05) is 18.2 Å². The molecule has 3 rings (SSSR count). The van der Waals surface area contributed by atoms with E-state index in [4.69, 9.17) is 5.11 Å². The van der Waals surface area contributed by atoms with Crippen LogP contribution in [0.3, 0.4) is 0 Å². The molecule has 1 aliphatic heterocycles. The van der Waals surface area contributed by atoms with Crippen LogP contribution in [-0.4, -0.2) is 40.6 Å². The summed E-state index contributed by atoms with van der Waals surface area (Å²) in [6.45, 7) is 1.52. The number of pyridine rings is 1. The minimum Gasteiger partial charge on any atom is -0.396 e. The Morgan fingerprint density at radius 1 is 1.37 bits per heavy atom. The molecule has 98 valence electrons. The predicted molar refractivity (Wildman–Crippen MR) is 72.8 cm³/mol. The number of likely N-dealkylation sites (tertiary alicyclic amines) is 1. The van der Waals surface area contributed by atoms with Crippen molar-refractivity contribution >= 4 is 16.8 Å². The second-order valence-electron chi connectivity index (χ2n) is 4.96. The maximum absolute atomic E-state index is 12.5. The third kappa shape index (κ3) is 2.19. The summed E-state index contributed by atoms with van der Waals surface area (Å²) in [5, 5.41) is 10.1. The quantitative estimate of drug-likeness (QED) is 0.889. The normalized spacial score (nSPS) is 19.0. The first-order chi connectivity index (χ1) is 9.29. The number of carbonyl (C=O) groups is 1. The van der Waals surface area contributed by atoms with Crippen molar-refractivity contribution in [3.63, 3.8) is 0 Å². The van der Waals surface area contributed by atoms with Gasteiger partial charge in [0.15, 0.2) is 0 Å². The van der Waals surface area contributed by atoms with E-state index in [9.17, 15) is 4.79 Å². The molecule has 19 heavy (non-hydrogen) atoms. The van der Waals surface area contributed by atoms with Gasteiger partial charge in [-0.2, -0.15) is 0 Å². The number of aromatic nitrogens is 1. The number of aliphatic hydroxyl groups excluding tert-OH is 1. The number of amides is 1. The third-order valence-electron chi connectivity index (χ3n) is 3.71. The molecule has 0 radical (unpaired) electrons. The van der Waals surface area contributed by atoms with Crippen LogP contribution >= 0.6 is 0 Å². The Kier molecular flexibility index (Phi) is 3.17. The average molecular weight is 256 g/mol. The molecule has 1 aromatic carbocycles. The van der Waals surface area contributed by atoms with Crippen LogP contribution in [0.1, 0.15) is 16.8 Å². The molecule has 1 unspecified atom stereocenters. The number of para-hydroxylation sites is 1. The highest BCUT2D eigenvalue weighted by Gasteiger charge is 2.27. The molecule has 2 heterocycles. The van der Waals surface area contributed by atoms with Crippen molar-refractivity contribution in [3.8, 4) is 0 Å². The largest absolute Gasteiger partial charge is 0.396 e. The molecule has 0 bridgehead atoms. The van der Waals surface area contributed by atoms with Crippen molar-refractivity contribution in [1.82, 2.24) is 9.88 Å². The Bertz CT molecular complexity index is 607. The first-order valence-corrected chi connectivity index (χ1v) is 6.53. The van der Waals surface area contributed by atoms with E-state index < -0.39 is 0 Å². The molecular formula is C15H16N2O2. The zero-order valence-corrected chi connectivity index (χ0v) is 10.6. The van der Waals surface area contributed by atoms with E-state index in [0.717, 1.165) is 23.9 Å². The summed E-state index contributed by atoms with van der Waals surface area (Å²) in [7, 11) is 0. The van der Waals surface area contributed by atoms with Gasteiger partial charge < -0.3 is 10.0 Å². The van der Waals surface area contributed by atoms with Gasteiger partial charge in [0.2, 0.25) is 0 Å². The predicted octanol–water partition coefficient (Wildman–Crippen LogP) is 1.69. The lowest BCUT2D eigenvalue weighted by Gasteiger charge is -2.17. The van der Waals surface area contributed by atoms with E-state index in [0.29, 0.717) is 12.1 Å².